The molecule has 1 aromatic heterocycles. The number of rotatable bonds is 5. The Morgan fingerprint density at radius 3 is 2.59 bits per heavy atom. The predicted molar refractivity (Wildman–Crippen MR) is 89.0 cm³/mol. The van der Waals surface area contributed by atoms with Gasteiger partial charge >= 0.3 is 11.9 Å². The van der Waals surface area contributed by atoms with Gasteiger partial charge in [-0.2, -0.15) is 0 Å². The monoisotopic (exact) mass is 381 g/mol. The summed E-state index contributed by atoms with van der Waals surface area (Å²) in [5.74, 6) is -1.77. The molecule has 1 aliphatic rings. The number of aliphatic carboxylic acids is 1. The van der Waals surface area contributed by atoms with Crippen LogP contribution in [0.5, 0.6) is 5.75 Å². The molecule has 5 atom stereocenters. The Labute approximate surface area is 152 Å². The number of carbonyl (C=O) groups is 2. The molecule has 0 radical (unpaired) electrons. The van der Waals surface area contributed by atoms with E-state index in [2.05, 4.69) is 4.98 Å². The molecule has 1 saturated heterocycles. The van der Waals surface area contributed by atoms with Crippen LogP contribution >= 0.6 is 0 Å². The molecule has 2 heterocycles. The summed E-state index contributed by atoms with van der Waals surface area (Å²) < 4.78 is 15.1. The van der Waals surface area contributed by atoms with Crippen LogP contribution in [0.1, 0.15) is 5.56 Å². The molecule has 10 heteroatoms. The van der Waals surface area contributed by atoms with Crippen molar-refractivity contribution < 1.29 is 44.2 Å². The quantitative estimate of drug-likeness (QED) is 0.416. The summed E-state index contributed by atoms with van der Waals surface area (Å²) in [5.41, 5.74) is 1.37. The minimum Gasteiger partial charge on any atom is -0.497 e. The average molecular weight is 381 g/mol. The number of esters is 1. The standard InChI is InChI=1S/C17H19NO9/c1-25-8-2-3-10-9(5-8)7(6-18-10)4-11(19)26-17-14(22)12(20)13(21)15(27-17)16(23)24/h2-3,5-6,12-15,17-18,20-22H,4H2,1H3,(H,23,24)/t12-,13-,14+,15-,17+/m0/s1. The second-order valence-corrected chi connectivity index (χ2v) is 6.13. The number of carboxylic acid groups (broad SMARTS) is 1. The van der Waals surface area contributed by atoms with E-state index in [-0.39, 0.29) is 6.42 Å². The lowest BCUT2D eigenvalue weighted by atomic mass is 9.99. The Morgan fingerprint density at radius 1 is 1.19 bits per heavy atom. The third-order valence-corrected chi connectivity index (χ3v) is 4.37. The van der Waals surface area contributed by atoms with E-state index in [1.54, 1.807) is 24.4 Å². The number of aliphatic hydroxyl groups excluding tert-OH is 3. The fraction of sp³-hybridized carbons (Fsp3) is 0.412. The Bertz CT molecular complexity index is 848. The normalized spacial score (nSPS) is 28.1. The number of aromatic amines is 1. The first-order valence-corrected chi connectivity index (χ1v) is 8.07. The van der Waals surface area contributed by atoms with Crippen molar-refractivity contribution in [3.8, 4) is 5.75 Å². The van der Waals surface area contributed by atoms with Gasteiger partial charge in [0, 0.05) is 17.1 Å². The Balaban J connectivity index is 1.72. The molecule has 146 valence electrons. The van der Waals surface area contributed by atoms with E-state index in [4.69, 9.17) is 19.3 Å². The first-order valence-electron chi connectivity index (χ1n) is 8.07. The molecular weight excluding hydrogens is 362 g/mol. The van der Waals surface area contributed by atoms with Crippen molar-refractivity contribution in [1.82, 2.24) is 4.98 Å². The third-order valence-electron chi connectivity index (χ3n) is 4.37. The van der Waals surface area contributed by atoms with E-state index in [1.807, 2.05) is 0 Å². The largest absolute Gasteiger partial charge is 0.497 e. The van der Waals surface area contributed by atoms with Crippen molar-refractivity contribution in [2.75, 3.05) is 7.11 Å². The number of aliphatic hydroxyl groups is 3. The second kappa shape index (κ2) is 7.53. The van der Waals surface area contributed by atoms with Crippen LogP contribution in [-0.2, 0) is 25.5 Å². The highest BCUT2D eigenvalue weighted by Gasteiger charge is 2.48. The van der Waals surface area contributed by atoms with Crippen molar-refractivity contribution in [3.63, 3.8) is 0 Å². The number of ether oxygens (including phenoxy) is 3. The zero-order valence-corrected chi connectivity index (χ0v) is 14.2. The van der Waals surface area contributed by atoms with Crippen molar-refractivity contribution in [2.45, 2.75) is 37.1 Å². The fourth-order valence-electron chi connectivity index (χ4n) is 2.91. The number of carboxylic acids is 1. The predicted octanol–water partition coefficient (Wildman–Crippen LogP) is -0.846. The number of hydrogen-bond acceptors (Lipinski definition) is 8. The Kier molecular flexibility index (Phi) is 5.33. The van der Waals surface area contributed by atoms with E-state index in [1.165, 1.54) is 7.11 Å². The molecule has 1 aromatic carbocycles. The molecule has 2 aromatic rings. The maximum absolute atomic E-state index is 12.2. The highest BCUT2D eigenvalue weighted by atomic mass is 16.7. The van der Waals surface area contributed by atoms with Gasteiger partial charge in [0.1, 0.15) is 24.1 Å². The van der Waals surface area contributed by atoms with Gasteiger partial charge in [-0.05, 0) is 23.8 Å². The minimum atomic E-state index is -1.85. The van der Waals surface area contributed by atoms with Crippen LogP contribution in [0.4, 0.5) is 0 Å². The lowest BCUT2D eigenvalue weighted by Crippen LogP contribution is -2.60. The SMILES string of the molecule is COc1ccc2[nH]cc(CC(=O)O[C@@H]3O[C@H](C(=O)O)[C@@H](O)[C@H](O)[C@H]3O)c2c1. The zero-order chi connectivity index (χ0) is 19.7. The number of methoxy groups -OCH3 is 1. The molecule has 1 fully saturated rings. The zero-order valence-electron chi connectivity index (χ0n) is 14.2. The maximum Gasteiger partial charge on any atom is 0.335 e. The molecule has 0 bridgehead atoms. The molecule has 0 aliphatic carbocycles. The number of hydrogen-bond donors (Lipinski definition) is 5. The summed E-state index contributed by atoms with van der Waals surface area (Å²) in [5, 5.41) is 39.0. The van der Waals surface area contributed by atoms with Gasteiger partial charge in [0.05, 0.1) is 13.5 Å². The second-order valence-electron chi connectivity index (χ2n) is 6.13. The van der Waals surface area contributed by atoms with Gasteiger partial charge in [-0.25, -0.2) is 4.79 Å². The number of aromatic nitrogens is 1. The van der Waals surface area contributed by atoms with E-state index < -0.39 is 42.6 Å². The molecule has 10 nitrogen and oxygen atoms in total. The van der Waals surface area contributed by atoms with Gasteiger partial charge in [-0.15, -0.1) is 0 Å². The Morgan fingerprint density at radius 2 is 1.93 bits per heavy atom. The van der Waals surface area contributed by atoms with Crippen molar-refractivity contribution in [2.24, 2.45) is 0 Å². The first-order chi connectivity index (χ1) is 12.8. The number of fused-ring (bicyclic) bond motifs is 1. The average Bonchev–Trinajstić information content (AvgIpc) is 3.03. The smallest absolute Gasteiger partial charge is 0.335 e. The highest BCUT2D eigenvalue weighted by Crippen LogP contribution is 2.26. The number of carbonyl (C=O) groups excluding carboxylic acids is 1. The van der Waals surface area contributed by atoms with E-state index in [9.17, 15) is 24.9 Å². The summed E-state index contributed by atoms with van der Waals surface area (Å²) in [6.45, 7) is 0. The van der Waals surface area contributed by atoms with Crippen LogP contribution < -0.4 is 4.74 Å². The minimum absolute atomic E-state index is 0.198. The van der Waals surface area contributed by atoms with Crippen molar-refractivity contribution in [1.29, 1.82) is 0 Å². The molecule has 1 aliphatic heterocycles. The van der Waals surface area contributed by atoms with E-state index in [0.29, 0.717) is 11.3 Å². The third kappa shape index (κ3) is 3.74. The van der Waals surface area contributed by atoms with Crippen LogP contribution in [0, 0.1) is 0 Å². The lowest BCUT2D eigenvalue weighted by molar-refractivity contribution is -0.286. The molecule has 27 heavy (non-hydrogen) atoms. The van der Waals surface area contributed by atoms with Gasteiger partial charge in [0.2, 0.25) is 6.29 Å². The van der Waals surface area contributed by atoms with Crippen molar-refractivity contribution in [3.05, 3.63) is 30.0 Å². The van der Waals surface area contributed by atoms with Gasteiger partial charge in [-0.1, -0.05) is 0 Å². The number of H-pyrrole nitrogens is 1. The summed E-state index contributed by atoms with van der Waals surface area (Å²) in [4.78, 5) is 26.3. The lowest BCUT2D eigenvalue weighted by Gasteiger charge is -2.37. The van der Waals surface area contributed by atoms with Crippen molar-refractivity contribution >= 4 is 22.8 Å². The van der Waals surface area contributed by atoms with Crippen LogP contribution in [0.2, 0.25) is 0 Å². The molecule has 5 N–H and O–H groups in total. The van der Waals surface area contributed by atoms with Crippen LogP contribution in [0.25, 0.3) is 10.9 Å². The summed E-state index contributed by atoms with van der Waals surface area (Å²) >= 11 is 0. The highest BCUT2D eigenvalue weighted by molar-refractivity contribution is 5.88. The van der Waals surface area contributed by atoms with Gasteiger partial charge in [0.15, 0.2) is 6.10 Å². The molecule has 3 rings (SSSR count). The molecular formula is C17H19NO9. The molecule has 0 amide bonds. The number of benzene rings is 1. The number of nitrogens with one attached hydrogen (secondary N) is 1. The first kappa shape index (κ1) is 19.1. The Hall–Kier alpha value is -2.66. The molecule has 0 saturated carbocycles. The van der Waals surface area contributed by atoms with Gasteiger partial charge in [-0.3, -0.25) is 4.79 Å². The summed E-state index contributed by atoms with van der Waals surface area (Å²) in [6.07, 6.45) is -7.63. The van der Waals surface area contributed by atoms with Gasteiger partial charge < -0.3 is 39.6 Å². The van der Waals surface area contributed by atoms with E-state index in [0.717, 1.165) is 10.9 Å². The van der Waals surface area contributed by atoms with Crippen LogP contribution in [0.3, 0.4) is 0 Å². The fourth-order valence-corrected chi connectivity index (χ4v) is 2.91. The summed E-state index contributed by atoms with van der Waals surface area (Å²) in [7, 11) is 1.52. The molecule has 0 spiro atoms. The molecule has 0 unspecified atom stereocenters. The van der Waals surface area contributed by atoms with E-state index >= 15 is 0 Å². The van der Waals surface area contributed by atoms with Crippen LogP contribution in [-0.4, -0.2) is 75.2 Å². The van der Waals surface area contributed by atoms with Gasteiger partial charge in [0.25, 0.3) is 0 Å². The topological polar surface area (TPSA) is 159 Å². The summed E-state index contributed by atoms with van der Waals surface area (Å²) in [6, 6.07) is 5.28. The maximum atomic E-state index is 12.2. The van der Waals surface area contributed by atoms with Crippen LogP contribution in [0.15, 0.2) is 24.4 Å².